The summed E-state index contributed by atoms with van der Waals surface area (Å²) < 4.78 is 45.0. The first kappa shape index (κ1) is 25.9. The molecule has 9 heteroatoms. The molecular weight excluding hydrogens is 478 g/mol. The molecule has 0 aliphatic heterocycles. The van der Waals surface area contributed by atoms with Crippen LogP contribution in [0, 0.1) is 0 Å². The number of hydrogen-bond acceptors (Lipinski definition) is 7. The lowest BCUT2D eigenvalue weighted by Gasteiger charge is -2.22. The van der Waals surface area contributed by atoms with Gasteiger partial charge >= 0.3 is 0 Å². The van der Waals surface area contributed by atoms with Crippen molar-refractivity contribution in [3.63, 3.8) is 0 Å². The van der Waals surface area contributed by atoms with Crippen LogP contribution in [0.15, 0.2) is 47.4 Å². The Hall–Kier alpha value is -3.20. The zero-order chi connectivity index (χ0) is 25.7. The van der Waals surface area contributed by atoms with Crippen molar-refractivity contribution in [2.45, 2.75) is 63.7 Å². The molecule has 0 radical (unpaired) electrons. The normalized spacial score (nSPS) is 14.5. The van der Waals surface area contributed by atoms with E-state index < -0.39 is 10.0 Å². The summed E-state index contributed by atoms with van der Waals surface area (Å²) >= 11 is 0. The van der Waals surface area contributed by atoms with Crippen molar-refractivity contribution in [2.24, 2.45) is 0 Å². The molecule has 4 rings (SSSR count). The van der Waals surface area contributed by atoms with Crippen LogP contribution in [0.1, 0.15) is 64.4 Å². The van der Waals surface area contributed by atoms with Crippen LogP contribution >= 0.6 is 0 Å². The predicted molar refractivity (Wildman–Crippen MR) is 140 cm³/mol. The molecule has 2 N–H and O–H groups in total. The van der Waals surface area contributed by atoms with Gasteiger partial charge in [-0.3, -0.25) is 0 Å². The average Bonchev–Trinajstić information content (AvgIpc) is 3.29. The molecule has 0 atom stereocenters. The van der Waals surface area contributed by atoms with Crippen LogP contribution in [0.25, 0.3) is 11.3 Å². The summed E-state index contributed by atoms with van der Waals surface area (Å²) in [7, 11) is -3.97. The highest BCUT2D eigenvalue weighted by Gasteiger charge is 2.24. The van der Waals surface area contributed by atoms with Crippen molar-refractivity contribution < 1.29 is 22.6 Å². The maximum absolute atomic E-state index is 13.4. The minimum atomic E-state index is -3.97. The maximum atomic E-state index is 13.4. The van der Waals surface area contributed by atoms with Gasteiger partial charge in [-0.05, 0) is 69.4 Å². The molecular formula is C27H35N3O5S. The largest absolute Gasteiger partial charge is 0.490 e. The SMILES string of the molecule is CCOc1cc(-c2cc(N)n(S(=O)(=O)c3ccc(C4CCCCC4)cc3)n2)cc(OCC)c1OCC. The minimum Gasteiger partial charge on any atom is -0.490 e. The Bertz CT molecular complexity index is 1250. The molecule has 8 nitrogen and oxygen atoms in total. The number of hydrogen-bond donors (Lipinski definition) is 1. The predicted octanol–water partition coefficient (Wildman–Crippen LogP) is 5.61. The summed E-state index contributed by atoms with van der Waals surface area (Å²) in [5, 5.41) is 4.37. The van der Waals surface area contributed by atoms with E-state index in [1.807, 2.05) is 32.9 Å². The summed E-state index contributed by atoms with van der Waals surface area (Å²) in [5.74, 6) is 2.01. The van der Waals surface area contributed by atoms with Crippen molar-refractivity contribution in [1.82, 2.24) is 9.19 Å². The Kier molecular flexibility index (Phi) is 8.08. The van der Waals surface area contributed by atoms with Gasteiger partial charge in [-0.25, -0.2) is 0 Å². The highest BCUT2D eigenvalue weighted by molar-refractivity contribution is 7.90. The lowest BCUT2D eigenvalue weighted by atomic mass is 9.84. The van der Waals surface area contributed by atoms with Crippen LogP contribution < -0.4 is 19.9 Å². The first-order valence-electron chi connectivity index (χ1n) is 12.7. The van der Waals surface area contributed by atoms with Gasteiger partial charge < -0.3 is 19.9 Å². The highest BCUT2D eigenvalue weighted by Crippen LogP contribution is 2.42. The molecule has 0 amide bonds. The topological polar surface area (TPSA) is 106 Å². The van der Waals surface area contributed by atoms with E-state index >= 15 is 0 Å². The lowest BCUT2D eigenvalue weighted by Crippen LogP contribution is -2.17. The van der Waals surface area contributed by atoms with E-state index in [9.17, 15) is 8.42 Å². The average molecular weight is 514 g/mol. The molecule has 2 aromatic carbocycles. The smallest absolute Gasteiger partial charge is 0.284 e. The van der Waals surface area contributed by atoms with Crippen LogP contribution in [0.3, 0.4) is 0 Å². The van der Waals surface area contributed by atoms with E-state index in [0.717, 1.165) is 16.9 Å². The molecule has 1 aliphatic carbocycles. The Morgan fingerprint density at radius 1 is 0.889 bits per heavy atom. The Morgan fingerprint density at radius 2 is 1.47 bits per heavy atom. The highest BCUT2D eigenvalue weighted by atomic mass is 32.2. The number of nitrogen functional groups attached to an aromatic ring is 1. The number of anilines is 1. The molecule has 1 aliphatic rings. The number of benzene rings is 2. The number of nitrogens with two attached hydrogens (primary N) is 1. The van der Waals surface area contributed by atoms with Crippen LogP contribution in [0.2, 0.25) is 0 Å². The molecule has 1 aromatic heterocycles. The maximum Gasteiger partial charge on any atom is 0.284 e. The van der Waals surface area contributed by atoms with Crippen molar-refractivity contribution in [3.8, 4) is 28.5 Å². The molecule has 0 bridgehead atoms. The molecule has 3 aromatic rings. The van der Waals surface area contributed by atoms with Gasteiger partial charge in [0, 0.05) is 11.6 Å². The Morgan fingerprint density at radius 3 is 2.03 bits per heavy atom. The van der Waals surface area contributed by atoms with Gasteiger partial charge in [0.15, 0.2) is 11.5 Å². The van der Waals surface area contributed by atoms with E-state index in [1.165, 1.54) is 30.9 Å². The van der Waals surface area contributed by atoms with Crippen molar-refractivity contribution >= 4 is 15.8 Å². The summed E-state index contributed by atoms with van der Waals surface area (Å²) in [6.07, 6.45) is 6.02. The summed E-state index contributed by atoms with van der Waals surface area (Å²) in [6, 6.07) is 12.2. The molecule has 1 heterocycles. The molecule has 194 valence electrons. The van der Waals surface area contributed by atoms with Crippen LogP contribution in [-0.2, 0) is 10.0 Å². The first-order valence-corrected chi connectivity index (χ1v) is 14.1. The molecule has 0 unspecified atom stereocenters. The van der Waals surface area contributed by atoms with Gasteiger partial charge in [0.1, 0.15) is 5.82 Å². The van der Waals surface area contributed by atoms with Crippen molar-refractivity contribution in [2.75, 3.05) is 25.6 Å². The van der Waals surface area contributed by atoms with Gasteiger partial charge in [0.05, 0.1) is 30.4 Å². The Labute approximate surface area is 213 Å². The summed E-state index contributed by atoms with van der Waals surface area (Å²) in [5.41, 5.74) is 8.34. The van der Waals surface area contributed by atoms with E-state index in [0.29, 0.717) is 54.2 Å². The zero-order valence-corrected chi connectivity index (χ0v) is 22.0. The second-order valence-corrected chi connectivity index (χ2v) is 10.6. The third-order valence-electron chi connectivity index (χ3n) is 6.39. The number of nitrogens with zero attached hydrogens (tertiary/aromatic N) is 2. The molecule has 36 heavy (non-hydrogen) atoms. The van der Waals surface area contributed by atoms with Crippen molar-refractivity contribution in [3.05, 3.63) is 48.0 Å². The van der Waals surface area contributed by atoms with E-state index in [2.05, 4.69) is 5.10 Å². The second kappa shape index (κ2) is 11.2. The number of ether oxygens (including phenoxy) is 3. The van der Waals surface area contributed by atoms with Crippen molar-refractivity contribution in [1.29, 1.82) is 0 Å². The number of aromatic nitrogens is 2. The third-order valence-corrected chi connectivity index (χ3v) is 8.01. The standard InChI is InChI=1S/C27H35N3O5S/c1-4-33-24-16-21(17-25(34-5-2)27(24)35-6-3)23-18-26(28)30(29-23)36(31,32)22-14-12-20(13-15-22)19-10-8-7-9-11-19/h12-19H,4-11,28H2,1-3H3. The lowest BCUT2D eigenvalue weighted by molar-refractivity contribution is 0.261. The third kappa shape index (κ3) is 5.31. The minimum absolute atomic E-state index is 0.0196. The molecule has 0 saturated heterocycles. The summed E-state index contributed by atoms with van der Waals surface area (Å²) in [6.45, 7) is 6.93. The van der Waals surface area contributed by atoms with Gasteiger partial charge in [-0.15, -0.1) is 4.09 Å². The Balaban J connectivity index is 1.68. The van der Waals surface area contributed by atoms with Gasteiger partial charge in [0.2, 0.25) is 5.75 Å². The zero-order valence-electron chi connectivity index (χ0n) is 21.2. The van der Waals surface area contributed by atoms with E-state index in [-0.39, 0.29) is 10.7 Å². The molecule has 0 spiro atoms. The fourth-order valence-corrected chi connectivity index (χ4v) is 5.90. The van der Waals surface area contributed by atoms with Crippen LogP contribution in [0.4, 0.5) is 5.82 Å². The van der Waals surface area contributed by atoms with Gasteiger partial charge in [-0.1, -0.05) is 31.4 Å². The molecule has 1 saturated carbocycles. The number of rotatable bonds is 10. The molecule has 1 fully saturated rings. The van der Waals surface area contributed by atoms with Crippen LogP contribution in [-0.4, -0.2) is 37.4 Å². The second-order valence-electron chi connectivity index (χ2n) is 8.81. The van der Waals surface area contributed by atoms with E-state index in [1.54, 1.807) is 24.3 Å². The van der Waals surface area contributed by atoms with E-state index in [4.69, 9.17) is 19.9 Å². The van der Waals surface area contributed by atoms with Gasteiger partial charge in [-0.2, -0.15) is 13.5 Å². The first-order chi connectivity index (χ1) is 17.4. The fourth-order valence-electron chi connectivity index (χ4n) is 4.70. The summed E-state index contributed by atoms with van der Waals surface area (Å²) in [4.78, 5) is 0.153. The van der Waals surface area contributed by atoms with Gasteiger partial charge in [0.25, 0.3) is 10.0 Å². The monoisotopic (exact) mass is 513 g/mol. The quantitative estimate of drug-likeness (QED) is 0.375. The van der Waals surface area contributed by atoms with Crippen LogP contribution in [0.5, 0.6) is 17.2 Å². The fraction of sp³-hybridized carbons (Fsp3) is 0.444.